The van der Waals surface area contributed by atoms with Crippen molar-refractivity contribution in [2.24, 2.45) is 0 Å². The smallest absolute Gasteiger partial charge is 0.150 e. The summed E-state index contributed by atoms with van der Waals surface area (Å²) in [5.74, 6) is 0.916. The second kappa shape index (κ2) is 6.20. The van der Waals surface area contributed by atoms with E-state index in [1.54, 1.807) is 17.8 Å². The Labute approximate surface area is 101 Å². The second-order valence-corrected chi connectivity index (χ2v) is 6.35. The maximum Gasteiger partial charge on any atom is 0.150 e. The number of halogens is 1. The van der Waals surface area contributed by atoms with Crippen LogP contribution < -0.4 is 0 Å². The van der Waals surface area contributed by atoms with E-state index < -0.39 is 9.84 Å². The van der Waals surface area contributed by atoms with Crippen LogP contribution in [0.25, 0.3) is 0 Å². The predicted octanol–water partition coefficient (Wildman–Crippen LogP) is 0.884. The Hall–Kier alpha value is -0.620. The van der Waals surface area contributed by atoms with Crippen LogP contribution in [0.4, 0.5) is 0 Å². The van der Waals surface area contributed by atoms with E-state index >= 15 is 0 Å². The van der Waals surface area contributed by atoms with Crippen LogP contribution in [-0.2, 0) is 22.8 Å². The third-order valence-corrected chi connectivity index (χ3v) is 4.20. The number of hydrogen-bond acceptors (Lipinski definition) is 4. The maximum atomic E-state index is 11.2. The molecule has 0 bridgehead atoms. The molecule has 92 valence electrons. The lowest BCUT2D eigenvalue weighted by molar-refractivity contribution is 0.562. The van der Waals surface area contributed by atoms with Crippen LogP contribution in [0.5, 0.6) is 0 Å². The number of hydrogen-bond donors (Lipinski definition) is 0. The Morgan fingerprint density at radius 2 is 2.25 bits per heavy atom. The highest BCUT2D eigenvalue weighted by Crippen LogP contribution is 1.99. The number of aromatic nitrogens is 3. The summed E-state index contributed by atoms with van der Waals surface area (Å²) in [6, 6.07) is 0. The number of rotatable bonds is 7. The Morgan fingerprint density at radius 3 is 2.88 bits per heavy atom. The summed E-state index contributed by atoms with van der Waals surface area (Å²) in [6.45, 7) is 2.23. The van der Waals surface area contributed by atoms with Crippen LogP contribution >= 0.6 is 11.6 Å². The van der Waals surface area contributed by atoms with Gasteiger partial charge in [-0.15, -0.1) is 16.7 Å². The molecule has 1 rings (SSSR count). The van der Waals surface area contributed by atoms with E-state index in [0.717, 1.165) is 5.69 Å². The van der Waals surface area contributed by atoms with Gasteiger partial charge in [-0.1, -0.05) is 12.1 Å². The van der Waals surface area contributed by atoms with Gasteiger partial charge < -0.3 is 0 Å². The van der Waals surface area contributed by atoms with Crippen molar-refractivity contribution in [1.29, 1.82) is 0 Å². The molecule has 0 atom stereocenters. The lowest BCUT2D eigenvalue weighted by Crippen LogP contribution is -2.11. The quantitative estimate of drug-likeness (QED) is 0.687. The highest BCUT2D eigenvalue weighted by molar-refractivity contribution is 7.91. The molecule has 0 N–H and O–H groups in total. The number of nitrogens with zero attached hydrogens (tertiary/aromatic N) is 3. The van der Waals surface area contributed by atoms with Crippen LogP contribution in [0.3, 0.4) is 0 Å². The Morgan fingerprint density at radius 1 is 1.50 bits per heavy atom. The van der Waals surface area contributed by atoms with Gasteiger partial charge in [0.2, 0.25) is 0 Å². The van der Waals surface area contributed by atoms with Crippen LogP contribution in [0.15, 0.2) is 6.20 Å². The van der Waals surface area contributed by atoms with Crippen molar-refractivity contribution in [3.63, 3.8) is 0 Å². The molecule has 1 heterocycles. The lowest BCUT2D eigenvalue weighted by Gasteiger charge is -2.00. The van der Waals surface area contributed by atoms with Crippen molar-refractivity contribution >= 4 is 21.4 Å². The van der Waals surface area contributed by atoms with Crippen molar-refractivity contribution in [1.82, 2.24) is 15.0 Å². The molecule has 0 aliphatic carbocycles. The van der Waals surface area contributed by atoms with Gasteiger partial charge in [0, 0.05) is 30.8 Å². The third kappa shape index (κ3) is 4.49. The Kier molecular flexibility index (Phi) is 5.21. The minimum atomic E-state index is -2.88. The van der Waals surface area contributed by atoms with Crippen molar-refractivity contribution in [3.8, 4) is 0 Å². The van der Waals surface area contributed by atoms with E-state index in [4.69, 9.17) is 11.6 Å². The molecule has 0 amide bonds. The van der Waals surface area contributed by atoms with E-state index in [1.807, 2.05) is 0 Å². The zero-order valence-electron chi connectivity index (χ0n) is 9.26. The number of sulfone groups is 1. The van der Waals surface area contributed by atoms with Crippen molar-refractivity contribution in [2.75, 3.05) is 17.4 Å². The molecule has 0 saturated heterocycles. The fraction of sp³-hybridized carbons (Fsp3) is 0.778. The van der Waals surface area contributed by atoms with Gasteiger partial charge in [0.05, 0.1) is 11.4 Å². The lowest BCUT2D eigenvalue weighted by atomic mass is 10.4. The molecule has 5 nitrogen and oxygen atoms in total. The highest BCUT2D eigenvalue weighted by atomic mass is 35.5. The molecule has 7 heteroatoms. The molecular weight excluding hydrogens is 250 g/mol. The van der Waals surface area contributed by atoms with Gasteiger partial charge in [-0.3, -0.25) is 4.68 Å². The van der Waals surface area contributed by atoms with E-state index in [0.29, 0.717) is 25.3 Å². The zero-order chi connectivity index (χ0) is 12.0. The molecule has 0 radical (unpaired) electrons. The van der Waals surface area contributed by atoms with Gasteiger partial charge in [0.15, 0.2) is 0 Å². The van der Waals surface area contributed by atoms with E-state index in [2.05, 4.69) is 10.3 Å². The monoisotopic (exact) mass is 265 g/mol. The fourth-order valence-electron chi connectivity index (χ4n) is 1.25. The SMILES string of the molecule is CCS(=O)(=O)CCCn1cc(CCCl)nn1. The van der Waals surface area contributed by atoms with Crippen molar-refractivity contribution in [3.05, 3.63) is 11.9 Å². The van der Waals surface area contributed by atoms with E-state index in [1.165, 1.54) is 0 Å². The summed E-state index contributed by atoms with van der Waals surface area (Å²) in [4.78, 5) is 0. The van der Waals surface area contributed by atoms with Crippen molar-refractivity contribution < 1.29 is 8.42 Å². The molecule has 0 aromatic carbocycles. The van der Waals surface area contributed by atoms with Crippen LogP contribution in [0, 0.1) is 0 Å². The normalized spacial score (nSPS) is 11.9. The Bertz CT molecular complexity index is 416. The first kappa shape index (κ1) is 13.4. The predicted molar refractivity (Wildman–Crippen MR) is 63.4 cm³/mol. The van der Waals surface area contributed by atoms with Crippen molar-refractivity contribution in [2.45, 2.75) is 26.3 Å². The zero-order valence-corrected chi connectivity index (χ0v) is 10.8. The number of aryl methyl sites for hydroxylation is 2. The molecule has 1 aromatic rings. The molecule has 0 spiro atoms. The van der Waals surface area contributed by atoms with Crippen LogP contribution in [-0.4, -0.2) is 40.8 Å². The standard InChI is InChI=1S/C9H16ClN3O2S/c1-2-16(14,15)7-3-6-13-8-9(4-5-10)11-12-13/h8H,2-7H2,1H3. The third-order valence-electron chi connectivity index (χ3n) is 2.22. The largest absolute Gasteiger partial charge is 0.252 e. The van der Waals surface area contributed by atoms with E-state index in [9.17, 15) is 8.42 Å². The maximum absolute atomic E-state index is 11.2. The minimum Gasteiger partial charge on any atom is -0.252 e. The summed E-state index contributed by atoms with van der Waals surface area (Å²) in [6.07, 6.45) is 3.07. The average Bonchev–Trinajstić information content (AvgIpc) is 2.66. The summed E-state index contributed by atoms with van der Waals surface area (Å²) in [5, 5.41) is 7.81. The van der Waals surface area contributed by atoms with Gasteiger partial charge in [-0.05, 0) is 6.42 Å². The van der Waals surface area contributed by atoms with Gasteiger partial charge in [-0.2, -0.15) is 0 Å². The number of alkyl halides is 1. The topological polar surface area (TPSA) is 64.8 Å². The first-order valence-electron chi connectivity index (χ1n) is 5.23. The molecular formula is C9H16ClN3O2S. The molecule has 0 saturated carbocycles. The first-order valence-corrected chi connectivity index (χ1v) is 7.58. The second-order valence-electron chi connectivity index (χ2n) is 3.50. The van der Waals surface area contributed by atoms with Gasteiger partial charge in [0.1, 0.15) is 9.84 Å². The van der Waals surface area contributed by atoms with Gasteiger partial charge >= 0.3 is 0 Å². The highest BCUT2D eigenvalue weighted by Gasteiger charge is 2.07. The summed E-state index contributed by atoms with van der Waals surface area (Å²) in [7, 11) is -2.88. The Balaban J connectivity index is 2.37. The first-order chi connectivity index (χ1) is 7.57. The molecule has 0 fully saturated rings. The van der Waals surface area contributed by atoms with Crippen LogP contribution in [0.1, 0.15) is 19.0 Å². The molecule has 0 unspecified atom stereocenters. The van der Waals surface area contributed by atoms with E-state index in [-0.39, 0.29) is 11.5 Å². The average molecular weight is 266 g/mol. The fourth-order valence-corrected chi connectivity index (χ4v) is 2.30. The molecule has 1 aromatic heterocycles. The van der Waals surface area contributed by atoms with Gasteiger partial charge in [-0.25, -0.2) is 8.42 Å². The summed E-state index contributed by atoms with van der Waals surface area (Å²) >= 11 is 5.57. The minimum absolute atomic E-state index is 0.196. The summed E-state index contributed by atoms with van der Waals surface area (Å²) < 4.78 is 24.1. The molecule has 0 aliphatic heterocycles. The van der Waals surface area contributed by atoms with Crippen LogP contribution in [0.2, 0.25) is 0 Å². The molecule has 0 aliphatic rings. The van der Waals surface area contributed by atoms with Gasteiger partial charge in [0.25, 0.3) is 0 Å². The summed E-state index contributed by atoms with van der Waals surface area (Å²) in [5.41, 5.74) is 0.841. The molecule has 16 heavy (non-hydrogen) atoms.